The lowest BCUT2D eigenvalue weighted by Gasteiger charge is -2.33. The van der Waals surface area contributed by atoms with Gasteiger partial charge in [-0.1, -0.05) is 43.3 Å². The van der Waals surface area contributed by atoms with Crippen molar-refractivity contribution in [3.05, 3.63) is 42.5 Å². The van der Waals surface area contributed by atoms with E-state index in [1.165, 1.54) is 0 Å². The van der Waals surface area contributed by atoms with Crippen molar-refractivity contribution < 1.29 is 4.79 Å². The molecule has 23 heavy (non-hydrogen) atoms. The van der Waals surface area contributed by atoms with Crippen molar-refractivity contribution in [2.75, 3.05) is 25.5 Å². The number of fused-ring (bicyclic) bond motifs is 1. The van der Waals surface area contributed by atoms with Gasteiger partial charge in [0.05, 0.1) is 0 Å². The van der Waals surface area contributed by atoms with Gasteiger partial charge in [0.1, 0.15) is 0 Å². The number of piperidine rings is 1. The van der Waals surface area contributed by atoms with E-state index in [4.69, 9.17) is 0 Å². The Morgan fingerprint density at radius 1 is 1.17 bits per heavy atom. The molecule has 1 N–H and O–H groups in total. The first-order chi connectivity index (χ1) is 11.2. The second-order valence-corrected chi connectivity index (χ2v) is 6.67. The molecule has 3 nitrogen and oxygen atoms in total. The molecular formula is C20H26N2O. The fraction of sp³-hybridized carbons (Fsp3) is 0.450. The number of nitrogens with one attached hydrogen (secondary N) is 1. The number of nitrogens with zero attached hydrogens (tertiary/aromatic N) is 1. The van der Waals surface area contributed by atoms with Crippen molar-refractivity contribution in [2.45, 2.75) is 26.2 Å². The Bertz CT molecular complexity index is 669. The highest BCUT2D eigenvalue weighted by Gasteiger charge is 2.29. The third-order valence-electron chi connectivity index (χ3n) is 5.16. The minimum atomic E-state index is 0.114. The fourth-order valence-electron chi connectivity index (χ4n) is 3.72. The molecule has 3 heteroatoms. The summed E-state index contributed by atoms with van der Waals surface area (Å²) in [6.07, 6.45) is 3.15. The highest BCUT2D eigenvalue weighted by molar-refractivity contribution is 6.02. The van der Waals surface area contributed by atoms with Crippen molar-refractivity contribution in [1.82, 2.24) is 4.90 Å². The maximum atomic E-state index is 12.8. The van der Waals surface area contributed by atoms with Crippen LogP contribution in [-0.2, 0) is 4.79 Å². The molecule has 1 amide bonds. The summed E-state index contributed by atoms with van der Waals surface area (Å²) in [4.78, 5) is 15.2. The largest absolute Gasteiger partial charge is 0.325 e. The zero-order valence-electron chi connectivity index (χ0n) is 14.1. The van der Waals surface area contributed by atoms with Gasteiger partial charge in [-0.25, -0.2) is 0 Å². The van der Waals surface area contributed by atoms with E-state index in [-0.39, 0.29) is 11.8 Å². The fourth-order valence-corrected chi connectivity index (χ4v) is 3.72. The minimum absolute atomic E-state index is 0.114. The summed E-state index contributed by atoms with van der Waals surface area (Å²) in [5, 5.41) is 5.47. The van der Waals surface area contributed by atoms with E-state index in [0.717, 1.165) is 48.8 Å². The average molecular weight is 310 g/mol. The molecule has 122 valence electrons. The van der Waals surface area contributed by atoms with Crippen LogP contribution in [0.2, 0.25) is 0 Å². The van der Waals surface area contributed by atoms with Crippen LogP contribution in [0.4, 0.5) is 5.69 Å². The van der Waals surface area contributed by atoms with Crippen LogP contribution >= 0.6 is 0 Å². The van der Waals surface area contributed by atoms with E-state index in [9.17, 15) is 4.79 Å². The molecule has 0 radical (unpaired) electrons. The summed E-state index contributed by atoms with van der Waals surface area (Å²) in [7, 11) is 2.16. The zero-order valence-corrected chi connectivity index (χ0v) is 14.1. The lowest BCUT2D eigenvalue weighted by atomic mass is 9.82. The predicted molar refractivity (Wildman–Crippen MR) is 96.6 cm³/mol. The molecule has 1 fully saturated rings. The lowest BCUT2D eigenvalue weighted by Crippen LogP contribution is -2.37. The highest BCUT2D eigenvalue weighted by atomic mass is 16.1. The van der Waals surface area contributed by atoms with Crippen LogP contribution in [0.1, 0.15) is 26.2 Å². The quantitative estimate of drug-likeness (QED) is 0.920. The first kappa shape index (κ1) is 16.0. The molecule has 0 aromatic heterocycles. The number of carbonyl (C=O) groups is 1. The van der Waals surface area contributed by atoms with Crippen molar-refractivity contribution in [3.63, 3.8) is 0 Å². The standard InChI is InChI=1S/C20H26N2O/c1-3-17(16-11-13-22(2)14-12-16)20(23)21-19-10-6-8-15-7-4-5-9-18(15)19/h4-10,16-17H,3,11-14H2,1-2H3,(H,21,23). The summed E-state index contributed by atoms with van der Waals surface area (Å²) in [6, 6.07) is 14.3. The normalized spacial score (nSPS) is 18.0. The van der Waals surface area contributed by atoms with Crippen LogP contribution < -0.4 is 5.32 Å². The number of likely N-dealkylation sites (tertiary alicyclic amines) is 1. The van der Waals surface area contributed by atoms with E-state index in [2.05, 4.69) is 42.4 Å². The SMILES string of the molecule is CCC(C(=O)Nc1cccc2ccccc12)C1CCN(C)CC1. The lowest BCUT2D eigenvalue weighted by molar-refractivity contribution is -0.122. The average Bonchev–Trinajstić information content (AvgIpc) is 2.57. The molecule has 3 rings (SSSR count). The van der Waals surface area contributed by atoms with Crippen molar-refractivity contribution in [1.29, 1.82) is 0 Å². The summed E-state index contributed by atoms with van der Waals surface area (Å²) in [5.74, 6) is 0.798. The molecule has 1 aliphatic heterocycles. The molecule has 2 aromatic carbocycles. The molecule has 1 heterocycles. The minimum Gasteiger partial charge on any atom is -0.325 e. The van der Waals surface area contributed by atoms with Gasteiger partial charge in [-0.2, -0.15) is 0 Å². The molecule has 1 atom stereocenters. The summed E-state index contributed by atoms with van der Waals surface area (Å²) < 4.78 is 0. The van der Waals surface area contributed by atoms with Crippen LogP contribution in [0.3, 0.4) is 0 Å². The third-order valence-corrected chi connectivity index (χ3v) is 5.16. The van der Waals surface area contributed by atoms with E-state index >= 15 is 0 Å². The molecule has 1 saturated heterocycles. The van der Waals surface area contributed by atoms with E-state index < -0.39 is 0 Å². The van der Waals surface area contributed by atoms with Crippen molar-refractivity contribution in [2.24, 2.45) is 11.8 Å². The molecular weight excluding hydrogens is 284 g/mol. The molecule has 0 saturated carbocycles. The third kappa shape index (κ3) is 3.56. The Morgan fingerprint density at radius 2 is 1.87 bits per heavy atom. The van der Waals surface area contributed by atoms with E-state index in [0.29, 0.717) is 5.92 Å². The van der Waals surface area contributed by atoms with Crippen molar-refractivity contribution >= 4 is 22.4 Å². The molecule has 1 unspecified atom stereocenters. The molecule has 0 aliphatic carbocycles. The van der Waals surface area contributed by atoms with Crippen LogP contribution in [0.15, 0.2) is 42.5 Å². The van der Waals surface area contributed by atoms with E-state index in [1.807, 2.05) is 24.3 Å². The number of hydrogen-bond donors (Lipinski definition) is 1. The second kappa shape index (κ2) is 7.14. The van der Waals surface area contributed by atoms with Crippen LogP contribution in [0.25, 0.3) is 10.8 Å². The van der Waals surface area contributed by atoms with Gasteiger partial charge in [0.2, 0.25) is 5.91 Å². The zero-order chi connectivity index (χ0) is 16.2. The summed E-state index contributed by atoms with van der Waals surface area (Å²) in [6.45, 7) is 4.33. The van der Waals surface area contributed by atoms with Gasteiger partial charge >= 0.3 is 0 Å². The number of amides is 1. The first-order valence-electron chi connectivity index (χ1n) is 8.66. The second-order valence-electron chi connectivity index (χ2n) is 6.67. The van der Waals surface area contributed by atoms with Crippen molar-refractivity contribution in [3.8, 4) is 0 Å². The van der Waals surface area contributed by atoms with Gasteiger partial charge in [0.25, 0.3) is 0 Å². The monoisotopic (exact) mass is 310 g/mol. The molecule has 0 spiro atoms. The maximum absolute atomic E-state index is 12.8. The summed E-state index contributed by atoms with van der Waals surface area (Å²) in [5.41, 5.74) is 0.930. The molecule has 1 aliphatic rings. The van der Waals surface area contributed by atoms with Crippen LogP contribution in [-0.4, -0.2) is 30.9 Å². The molecule has 0 bridgehead atoms. The topological polar surface area (TPSA) is 32.3 Å². The first-order valence-corrected chi connectivity index (χ1v) is 8.66. The van der Waals surface area contributed by atoms with Gasteiger partial charge in [-0.05, 0) is 56.8 Å². The Morgan fingerprint density at radius 3 is 2.61 bits per heavy atom. The number of benzene rings is 2. The Hall–Kier alpha value is -1.87. The smallest absolute Gasteiger partial charge is 0.227 e. The Balaban J connectivity index is 1.76. The Labute approximate surface area is 138 Å². The number of hydrogen-bond acceptors (Lipinski definition) is 2. The molecule has 2 aromatic rings. The number of rotatable bonds is 4. The number of anilines is 1. The van der Waals surface area contributed by atoms with Gasteiger partial charge in [-0.3, -0.25) is 4.79 Å². The summed E-state index contributed by atoms with van der Waals surface area (Å²) >= 11 is 0. The predicted octanol–water partition coefficient (Wildman–Crippen LogP) is 4.15. The van der Waals surface area contributed by atoms with Gasteiger partial charge in [-0.15, -0.1) is 0 Å². The van der Waals surface area contributed by atoms with Crippen LogP contribution in [0, 0.1) is 11.8 Å². The Kier molecular flexibility index (Phi) is 4.97. The highest BCUT2D eigenvalue weighted by Crippen LogP contribution is 2.29. The maximum Gasteiger partial charge on any atom is 0.227 e. The van der Waals surface area contributed by atoms with Gasteiger partial charge in [0, 0.05) is 17.0 Å². The van der Waals surface area contributed by atoms with Crippen LogP contribution in [0.5, 0.6) is 0 Å². The van der Waals surface area contributed by atoms with Gasteiger partial charge < -0.3 is 10.2 Å². The number of carbonyl (C=O) groups excluding carboxylic acids is 1. The van der Waals surface area contributed by atoms with E-state index in [1.54, 1.807) is 0 Å². The van der Waals surface area contributed by atoms with Gasteiger partial charge in [0.15, 0.2) is 0 Å².